The first-order valence-electron chi connectivity index (χ1n) is 9.60. The number of ether oxygens (including phenoxy) is 1. The zero-order valence-corrected chi connectivity index (χ0v) is 18.1. The summed E-state index contributed by atoms with van der Waals surface area (Å²) in [6, 6.07) is 12.0. The minimum Gasteiger partial charge on any atom is -0.486 e. The maximum Gasteiger partial charge on any atom is 0.244 e. The molecule has 1 aliphatic heterocycles. The van der Waals surface area contributed by atoms with Crippen LogP contribution in [-0.4, -0.2) is 23.5 Å². The van der Waals surface area contributed by atoms with E-state index in [1.54, 1.807) is 29.8 Å². The summed E-state index contributed by atoms with van der Waals surface area (Å²) in [6.45, 7) is 6.42. The molecule has 1 aliphatic rings. The standard InChI is InChI=1S/C24H21ClN2O2S/c1-15(2)21-6-7-22(30-21)17-10-18-11-19(29-24(18)20(25)12-17)14-27-23(28)8-5-16-4-3-9-26-13-16/h3-10,12-13,19H,1,11,14H2,2H3,(H,27,28)/b8-5-/t19-/m0/s1. The van der Waals surface area contributed by atoms with Crippen molar-refractivity contribution >= 4 is 40.5 Å². The molecule has 4 rings (SSSR count). The summed E-state index contributed by atoms with van der Waals surface area (Å²) in [5, 5.41) is 3.48. The van der Waals surface area contributed by atoms with Gasteiger partial charge in [0.15, 0.2) is 0 Å². The molecule has 0 aliphatic carbocycles. The van der Waals surface area contributed by atoms with E-state index in [1.807, 2.05) is 25.1 Å². The Morgan fingerprint density at radius 3 is 3.00 bits per heavy atom. The first-order chi connectivity index (χ1) is 14.5. The molecule has 1 atom stereocenters. The number of amides is 1. The van der Waals surface area contributed by atoms with Gasteiger partial charge in [-0.3, -0.25) is 9.78 Å². The Kier molecular flexibility index (Phi) is 6.02. The molecule has 3 heterocycles. The highest BCUT2D eigenvalue weighted by atomic mass is 35.5. The molecular formula is C24H21ClN2O2S. The molecular weight excluding hydrogens is 416 g/mol. The summed E-state index contributed by atoms with van der Waals surface area (Å²) in [6.07, 6.45) is 7.19. The topological polar surface area (TPSA) is 51.2 Å². The summed E-state index contributed by atoms with van der Waals surface area (Å²) in [4.78, 5) is 18.4. The highest BCUT2D eigenvalue weighted by Gasteiger charge is 2.26. The predicted octanol–water partition coefficient (Wildman–Crippen LogP) is 5.63. The number of halogens is 1. The molecule has 0 fully saturated rings. The smallest absolute Gasteiger partial charge is 0.244 e. The lowest BCUT2D eigenvalue weighted by molar-refractivity contribution is -0.116. The lowest BCUT2D eigenvalue weighted by Crippen LogP contribution is -2.33. The number of hydrogen-bond acceptors (Lipinski definition) is 4. The van der Waals surface area contributed by atoms with E-state index in [9.17, 15) is 4.79 Å². The third kappa shape index (κ3) is 4.64. The number of carbonyl (C=O) groups is 1. The number of allylic oxidation sites excluding steroid dienone is 1. The van der Waals surface area contributed by atoms with Gasteiger partial charge in [-0.2, -0.15) is 0 Å². The number of fused-ring (bicyclic) bond motifs is 1. The highest BCUT2D eigenvalue weighted by Crippen LogP contribution is 2.41. The molecule has 0 unspecified atom stereocenters. The third-order valence-corrected chi connectivity index (χ3v) is 6.36. The molecule has 4 nitrogen and oxygen atoms in total. The van der Waals surface area contributed by atoms with Crippen LogP contribution in [0.3, 0.4) is 0 Å². The quantitative estimate of drug-likeness (QED) is 0.509. The van der Waals surface area contributed by atoms with Crippen molar-refractivity contribution in [2.45, 2.75) is 19.4 Å². The first kappa shape index (κ1) is 20.4. The van der Waals surface area contributed by atoms with Crippen LogP contribution >= 0.6 is 22.9 Å². The van der Waals surface area contributed by atoms with Gasteiger partial charge in [0.2, 0.25) is 5.91 Å². The predicted molar refractivity (Wildman–Crippen MR) is 124 cm³/mol. The number of nitrogens with one attached hydrogen (secondary N) is 1. The molecule has 0 bridgehead atoms. The zero-order valence-electron chi connectivity index (χ0n) is 16.5. The van der Waals surface area contributed by atoms with Crippen LogP contribution in [0.15, 0.2) is 61.4 Å². The minimum atomic E-state index is -0.170. The number of carbonyl (C=O) groups excluding carboxylic acids is 1. The summed E-state index contributed by atoms with van der Waals surface area (Å²) in [7, 11) is 0. The monoisotopic (exact) mass is 436 g/mol. The SMILES string of the molecule is C=C(C)c1ccc(-c2cc(Cl)c3c(c2)C[C@@H](CNC(=O)/C=C\c2cccnc2)O3)s1. The largest absolute Gasteiger partial charge is 0.486 e. The van der Waals surface area contributed by atoms with Gasteiger partial charge in [-0.15, -0.1) is 11.3 Å². The molecule has 6 heteroatoms. The highest BCUT2D eigenvalue weighted by molar-refractivity contribution is 7.16. The molecule has 0 saturated carbocycles. The lowest BCUT2D eigenvalue weighted by atomic mass is 10.1. The summed E-state index contributed by atoms with van der Waals surface area (Å²) in [5.74, 6) is 0.540. The van der Waals surface area contributed by atoms with Crippen LogP contribution in [0, 0.1) is 0 Å². The van der Waals surface area contributed by atoms with Crippen molar-refractivity contribution in [1.29, 1.82) is 0 Å². The van der Waals surface area contributed by atoms with Gasteiger partial charge in [0.25, 0.3) is 0 Å². The van der Waals surface area contributed by atoms with E-state index in [4.69, 9.17) is 16.3 Å². The van der Waals surface area contributed by atoms with Gasteiger partial charge in [-0.1, -0.05) is 24.2 Å². The van der Waals surface area contributed by atoms with E-state index < -0.39 is 0 Å². The number of nitrogens with zero attached hydrogens (tertiary/aromatic N) is 1. The second-order valence-corrected chi connectivity index (χ2v) is 8.69. The molecule has 1 aromatic carbocycles. The Morgan fingerprint density at radius 2 is 2.27 bits per heavy atom. The van der Waals surface area contributed by atoms with Gasteiger partial charge < -0.3 is 10.1 Å². The maximum atomic E-state index is 12.1. The van der Waals surface area contributed by atoms with Gasteiger partial charge in [-0.05, 0) is 60.0 Å². The molecule has 0 spiro atoms. The molecule has 0 saturated heterocycles. The van der Waals surface area contributed by atoms with Gasteiger partial charge in [0.05, 0.1) is 11.6 Å². The summed E-state index contributed by atoms with van der Waals surface area (Å²) in [5.41, 5.74) is 4.06. The molecule has 0 radical (unpaired) electrons. The molecule has 1 amide bonds. The number of rotatable bonds is 6. The van der Waals surface area contributed by atoms with Crippen molar-refractivity contribution in [3.05, 3.63) is 82.5 Å². The first-order valence-corrected chi connectivity index (χ1v) is 10.8. The Bertz CT molecular complexity index is 1120. The van der Waals surface area contributed by atoms with Gasteiger partial charge >= 0.3 is 0 Å². The lowest BCUT2D eigenvalue weighted by Gasteiger charge is -2.11. The van der Waals surface area contributed by atoms with Crippen molar-refractivity contribution in [2.24, 2.45) is 0 Å². The Labute approximate surface area is 184 Å². The van der Waals surface area contributed by atoms with Crippen molar-refractivity contribution in [1.82, 2.24) is 10.3 Å². The van der Waals surface area contributed by atoms with Crippen molar-refractivity contribution in [3.8, 4) is 16.2 Å². The minimum absolute atomic E-state index is 0.141. The molecule has 1 N–H and O–H groups in total. The van der Waals surface area contributed by atoms with Crippen LogP contribution in [0.25, 0.3) is 22.1 Å². The van der Waals surface area contributed by atoms with Gasteiger partial charge in [0, 0.05) is 40.2 Å². The van der Waals surface area contributed by atoms with E-state index >= 15 is 0 Å². The van der Waals surface area contributed by atoms with E-state index in [0.29, 0.717) is 23.7 Å². The maximum absolute atomic E-state index is 12.1. The van der Waals surface area contributed by atoms with Gasteiger partial charge in [-0.25, -0.2) is 0 Å². The molecule has 2 aromatic heterocycles. The van der Waals surface area contributed by atoms with Crippen LogP contribution in [0.5, 0.6) is 5.75 Å². The normalized spacial score (nSPS) is 15.1. The van der Waals surface area contributed by atoms with Crippen LogP contribution in [0.4, 0.5) is 0 Å². The number of pyridine rings is 1. The second-order valence-electron chi connectivity index (χ2n) is 7.20. The fraction of sp³-hybridized carbons (Fsp3) is 0.167. The second kappa shape index (κ2) is 8.86. The average Bonchev–Trinajstić information content (AvgIpc) is 3.39. The van der Waals surface area contributed by atoms with Crippen LogP contribution in [-0.2, 0) is 11.2 Å². The van der Waals surface area contributed by atoms with Crippen molar-refractivity contribution < 1.29 is 9.53 Å². The van der Waals surface area contributed by atoms with E-state index in [-0.39, 0.29) is 12.0 Å². The average molecular weight is 437 g/mol. The molecule has 3 aromatic rings. The third-order valence-electron chi connectivity index (χ3n) is 4.78. The number of benzene rings is 1. The Morgan fingerprint density at radius 1 is 1.40 bits per heavy atom. The number of aromatic nitrogens is 1. The van der Waals surface area contributed by atoms with E-state index in [2.05, 4.69) is 35.1 Å². The van der Waals surface area contributed by atoms with E-state index in [1.165, 1.54) is 6.08 Å². The summed E-state index contributed by atoms with van der Waals surface area (Å²) >= 11 is 8.20. The Hall–Kier alpha value is -2.89. The molecule has 152 valence electrons. The van der Waals surface area contributed by atoms with Crippen LogP contribution in [0.1, 0.15) is 22.9 Å². The number of hydrogen-bond donors (Lipinski definition) is 1. The Balaban J connectivity index is 1.39. The van der Waals surface area contributed by atoms with Gasteiger partial charge in [0.1, 0.15) is 11.9 Å². The fourth-order valence-corrected chi connectivity index (χ4v) is 4.49. The summed E-state index contributed by atoms with van der Waals surface area (Å²) < 4.78 is 5.99. The molecule has 30 heavy (non-hydrogen) atoms. The number of thiophene rings is 1. The van der Waals surface area contributed by atoms with Crippen molar-refractivity contribution in [2.75, 3.05) is 6.54 Å². The zero-order chi connectivity index (χ0) is 21.1. The van der Waals surface area contributed by atoms with Crippen LogP contribution in [0.2, 0.25) is 5.02 Å². The fourth-order valence-electron chi connectivity index (χ4n) is 3.29. The van der Waals surface area contributed by atoms with E-state index in [0.717, 1.165) is 32.0 Å². The van der Waals surface area contributed by atoms with Crippen molar-refractivity contribution in [3.63, 3.8) is 0 Å². The van der Waals surface area contributed by atoms with Crippen LogP contribution < -0.4 is 10.1 Å².